The van der Waals surface area contributed by atoms with E-state index in [1.54, 1.807) is 7.11 Å². The van der Waals surface area contributed by atoms with Gasteiger partial charge < -0.3 is 15.2 Å². The lowest BCUT2D eigenvalue weighted by atomic mass is 9.85. The highest BCUT2D eigenvalue weighted by molar-refractivity contribution is 5.70. The van der Waals surface area contributed by atoms with Crippen LogP contribution in [0.15, 0.2) is 18.2 Å². The smallest absolute Gasteiger partial charge is 0.306 e. The number of aliphatic carboxylic acids is 1. The van der Waals surface area contributed by atoms with Crippen LogP contribution in [0.3, 0.4) is 0 Å². The van der Waals surface area contributed by atoms with Gasteiger partial charge in [0.1, 0.15) is 5.75 Å². The van der Waals surface area contributed by atoms with E-state index in [0.717, 1.165) is 36.3 Å². The first-order valence-corrected chi connectivity index (χ1v) is 6.74. The molecule has 2 unspecified atom stereocenters. The number of carboxylic acids is 1. The lowest BCUT2D eigenvalue weighted by Crippen LogP contribution is -2.31. The summed E-state index contributed by atoms with van der Waals surface area (Å²) in [7, 11) is 1.65. The molecule has 104 valence electrons. The highest BCUT2D eigenvalue weighted by Crippen LogP contribution is 2.31. The van der Waals surface area contributed by atoms with Gasteiger partial charge >= 0.3 is 5.97 Å². The topological polar surface area (TPSA) is 58.6 Å². The van der Waals surface area contributed by atoms with E-state index in [-0.39, 0.29) is 12.0 Å². The number of anilines is 1. The molecule has 0 bridgehead atoms. The Morgan fingerprint density at radius 3 is 2.89 bits per heavy atom. The normalized spacial score (nSPS) is 22.8. The zero-order valence-electron chi connectivity index (χ0n) is 11.5. The maximum absolute atomic E-state index is 11.1. The highest BCUT2D eigenvalue weighted by Gasteiger charge is 2.27. The molecule has 1 saturated carbocycles. The third-order valence-corrected chi connectivity index (χ3v) is 3.74. The zero-order chi connectivity index (χ0) is 13.8. The van der Waals surface area contributed by atoms with Gasteiger partial charge in [-0.3, -0.25) is 4.79 Å². The SMILES string of the molecule is COc1ccc(C)cc1NC1CCCC(C(=O)O)C1. The zero-order valence-corrected chi connectivity index (χ0v) is 11.5. The Hall–Kier alpha value is -1.71. The molecular weight excluding hydrogens is 242 g/mol. The fourth-order valence-electron chi connectivity index (χ4n) is 2.70. The van der Waals surface area contributed by atoms with Gasteiger partial charge in [0, 0.05) is 6.04 Å². The van der Waals surface area contributed by atoms with Crippen molar-refractivity contribution in [3.05, 3.63) is 23.8 Å². The molecule has 4 heteroatoms. The van der Waals surface area contributed by atoms with Crippen molar-refractivity contribution in [1.82, 2.24) is 0 Å². The Balaban J connectivity index is 2.08. The number of hydrogen-bond donors (Lipinski definition) is 2. The minimum Gasteiger partial charge on any atom is -0.495 e. The van der Waals surface area contributed by atoms with Crippen molar-refractivity contribution in [3.8, 4) is 5.75 Å². The molecule has 2 rings (SSSR count). The molecule has 4 nitrogen and oxygen atoms in total. The molecule has 1 aliphatic carbocycles. The van der Waals surface area contributed by atoms with Gasteiger partial charge in [-0.25, -0.2) is 0 Å². The van der Waals surface area contributed by atoms with Crippen molar-refractivity contribution in [1.29, 1.82) is 0 Å². The predicted octanol–water partition coefficient (Wildman–Crippen LogP) is 3.06. The second kappa shape index (κ2) is 5.95. The van der Waals surface area contributed by atoms with Crippen LogP contribution in [0.25, 0.3) is 0 Å². The molecular formula is C15H21NO3. The van der Waals surface area contributed by atoms with E-state index in [2.05, 4.69) is 5.32 Å². The minimum atomic E-state index is -0.678. The van der Waals surface area contributed by atoms with Crippen LogP contribution in [0.2, 0.25) is 0 Å². The van der Waals surface area contributed by atoms with Gasteiger partial charge in [0.25, 0.3) is 0 Å². The molecule has 0 radical (unpaired) electrons. The second-order valence-corrected chi connectivity index (χ2v) is 5.25. The lowest BCUT2D eigenvalue weighted by molar-refractivity contribution is -0.142. The number of rotatable bonds is 4. The number of ether oxygens (including phenoxy) is 1. The molecule has 0 aliphatic heterocycles. The largest absolute Gasteiger partial charge is 0.495 e. The Morgan fingerprint density at radius 2 is 2.21 bits per heavy atom. The van der Waals surface area contributed by atoms with E-state index in [1.165, 1.54) is 0 Å². The van der Waals surface area contributed by atoms with Gasteiger partial charge in [0.2, 0.25) is 0 Å². The van der Waals surface area contributed by atoms with Gasteiger partial charge in [0.05, 0.1) is 18.7 Å². The Kier molecular flexibility index (Phi) is 4.30. The van der Waals surface area contributed by atoms with E-state index in [9.17, 15) is 4.79 Å². The van der Waals surface area contributed by atoms with Crippen LogP contribution in [-0.2, 0) is 4.79 Å². The number of carbonyl (C=O) groups is 1. The molecule has 1 aromatic rings. The van der Waals surface area contributed by atoms with Crippen molar-refractivity contribution in [3.63, 3.8) is 0 Å². The summed E-state index contributed by atoms with van der Waals surface area (Å²) in [5.74, 6) is -0.0900. The molecule has 0 amide bonds. The highest BCUT2D eigenvalue weighted by atomic mass is 16.5. The Bertz CT molecular complexity index is 459. The van der Waals surface area contributed by atoms with Crippen LogP contribution in [0.1, 0.15) is 31.2 Å². The predicted molar refractivity (Wildman–Crippen MR) is 74.7 cm³/mol. The fraction of sp³-hybridized carbons (Fsp3) is 0.533. The van der Waals surface area contributed by atoms with E-state index in [0.29, 0.717) is 6.42 Å². The van der Waals surface area contributed by atoms with E-state index >= 15 is 0 Å². The van der Waals surface area contributed by atoms with Crippen LogP contribution < -0.4 is 10.1 Å². The number of nitrogens with one attached hydrogen (secondary N) is 1. The molecule has 1 fully saturated rings. The molecule has 0 spiro atoms. The van der Waals surface area contributed by atoms with E-state index in [1.807, 2.05) is 25.1 Å². The molecule has 0 saturated heterocycles. The molecule has 0 aromatic heterocycles. The van der Waals surface area contributed by atoms with Crippen molar-refractivity contribution in [2.45, 2.75) is 38.6 Å². The van der Waals surface area contributed by atoms with Crippen LogP contribution >= 0.6 is 0 Å². The lowest BCUT2D eigenvalue weighted by Gasteiger charge is -2.28. The number of methoxy groups -OCH3 is 1. The van der Waals surface area contributed by atoms with Crippen molar-refractivity contribution >= 4 is 11.7 Å². The van der Waals surface area contributed by atoms with Crippen molar-refractivity contribution in [2.75, 3.05) is 12.4 Å². The van der Waals surface area contributed by atoms with Gasteiger partial charge in [-0.05, 0) is 43.9 Å². The second-order valence-electron chi connectivity index (χ2n) is 5.25. The van der Waals surface area contributed by atoms with Crippen LogP contribution in [0.5, 0.6) is 5.75 Å². The van der Waals surface area contributed by atoms with Gasteiger partial charge in [-0.1, -0.05) is 12.5 Å². The number of aryl methyl sites for hydroxylation is 1. The maximum atomic E-state index is 11.1. The summed E-state index contributed by atoms with van der Waals surface area (Å²) in [6.45, 7) is 2.03. The summed E-state index contributed by atoms with van der Waals surface area (Å²) in [4.78, 5) is 11.1. The summed E-state index contributed by atoms with van der Waals surface area (Å²) in [6, 6.07) is 6.20. The van der Waals surface area contributed by atoms with Gasteiger partial charge in [0.15, 0.2) is 0 Å². The first-order valence-electron chi connectivity index (χ1n) is 6.74. The fourth-order valence-corrected chi connectivity index (χ4v) is 2.70. The summed E-state index contributed by atoms with van der Waals surface area (Å²) in [6.07, 6.45) is 3.45. The molecule has 1 aliphatic rings. The van der Waals surface area contributed by atoms with Crippen LogP contribution in [-0.4, -0.2) is 24.2 Å². The maximum Gasteiger partial charge on any atom is 0.306 e. The molecule has 19 heavy (non-hydrogen) atoms. The Morgan fingerprint density at radius 1 is 1.42 bits per heavy atom. The van der Waals surface area contributed by atoms with Gasteiger partial charge in [-0.2, -0.15) is 0 Å². The molecule has 2 N–H and O–H groups in total. The summed E-state index contributed by atoms with van der Waals surface area (Å²) in [5, 5.41) is 12.6. The summed E-state index contributed by atoms with van der Waals surface area (Å²) in [5.41, 5.74) is 2.12. The summed E-state index contributed by atoms with van der Waals surface area (Å²) < 4.78 is 5.34. The number of hydrogen-bond acceptors (Lipinski definition) is 3. The first kappa shape index (κ1) is 13.7. The van der Waals surface area contributed by atoms with E-state index < -0.39 is 5.97 Å². The quantitative estimate of drug-likeness (QED) is 0.876. The summed E-state index contributed by atoms with van der Waals surface area (Å²) >= 11 is 0. The number of benzene rings is 1. The van der Waals surface area contributed by atoms with Crippen LogP contribution in [0, 0.1) is 12.8 Å². The average Bonchev–Trinajstić information content (AvgIpc) is 2.39. The van der Waals surface area contributed by atoms with E-state index in [4.69, 9.17) is 9.84 Å². The number of carboxylic acid groups (broad SMARTS) is 1. The molecule has 0 heterocycles. The average molecular weight is 263 g/mol. The van der Waals surface area contributed by atoms with Crippen molar-refractivity contribution in [2.24, 2.45) is 5.92 Å². The molecule has 1 aromatic carbocycles. The monoisotopic (exact) mass is 263 g/mol. The molecule has 2 atom stereocenters. The minimum absolute atomic E-state index is 0.213. The van der Waals surface area contributed by atoms with Gasteiger partial charge in [-0.15, -0.1) is 0 Å². The Labute approximate surface area is 113 Å². The van der Waals surface area contributed by atoms with Crippen molar-refractivity contribution < 1.29 is 14.6 Å². The standard InChI is InChI=1S/C15H21NO3/c1-10-6-7-14(19-2)13(8-10)16-12-5-3-4-11(9-12)15(17)18/h6-8,11-12,16H,3-5,9H2,1-2H3,(H,17,18). The third-order valence-electron chi connectivity index (χ3n) is 3.74. The van der Waals surface area contributed by atoms with Crippen LogP contribution in [0.4, 0.5) is 5.69 Å². The first-order chi connectivity index (χ1) is 9.10. The third kappa shape index (κ3) is 3.40.